The molecule has 0 N–H and O–H groups in total. The van der Waals surface area contributed by atoms with Gasteiger partial charge in [0.25, 0.3) is 0 Å². The summed E-state index contributed by atoms with van der Waals surface area (Å²) in [5.74, 6) is -1.72. The molecule has 0 nitrogen and oxygen atoms in total. The highest BCUT2D eigenvalue weighted by atomic mass is 19.2. The van der Waals surface area contributed by atoms with E-state index in [1.807, 2.05) is 6.08 Å². The van der Waals surface area contributed by atoms with Crippen LogP contribution in [0.1, 0.15) is 67.2 Å². The molecule has 0 radical (unpaired) electrons. The van der Waals surface area contributed by atoms with E-state index in [1.54, 1.807) is 6.08 Å². The summed E-state index contributed by atoms with van der Waals surface area (Å²) in [4.78, 5) is 0. The second kappa shape index (κ2) is 9.42. The molecule has 0 aromatic heterocycles. The van der Waals surface area contributed by atoms with Gasteiger partial charge in [0.15, 0.2) is 11.6 Å². The highest BCUT2D eigenvalue weighted by Crippen LogP contribution is 2.37. The van der Waals surface area contributed by atoms with Crippen molar-refractivity contribution < 1.29 is 17.6 Å². The Hall–Kier alpha value is -2.36. The summed E-state index contributed by atoms with van der Waals surface area (Å²) in [7, 11) is 0. The molecule has 0 atom stereocenters. The van der Waals surface area contributed by atoms with Crippen LogP contribution >= 0.6 is 0 Å². The third-order valence-electron chi connectivity index (χ3n) is 6.90. The molecule has 0 saturated heterocycles. The first-order valence-electron chi connectivity index (χ1n) is 11.2. The molecule has 2 aromatic carbocycles. The molecule has 2 aliphatic rings. The van der Waals surface area contributed by atoms with E-state index in [1.165, 1.54) is 44.2 Å². The van der Waals surface area contributed by atoms with Crippen LogP contribution in [-0.4, -0.2) is 0 Å². The molecule has 31 heavy (non-hydrogen) atoms. The Morgan fingerprint density at radius 2 is 1.42 bits per heavy atom. The van der Waals surface area contributed by atoms with Crippen molar-refractivity contribution in [2.24, 2.45) is 11.8 Å². The van der Waals surface area contributed by atoms with Gasteiger partial charge in [0.05, 0.1) is 0 Å². The van der Waals surface area contributed by atoms with E-state index in [2.05, 4.69) is 6.58 Å². The van der Waals surface area contributed by atoms with Gasteiger partial charge in [-0.15, -0.1) is 6.58 Å². The van der Waals surface area contributed by atoms with Crippen LogP contribution in [0.5, 0.6) is 0 Å². The van der Waals surface area contributed by atoms with E-state index < -0.39 is 23.3 Å². The van der Waals surface area contributed by atoms with Crippen LogP contribution < -0.4 is 0 Å². The maximum Gasteiger partial charge on any atom is 0.159 e. The lowest BCUT2D eigenvalue weighted by atomic mass is 9.78. The molecule has 1 saturated carbocycles. The van der Waals surface area contributed by atoms with Gasteiger partial charge in [-0.2, -0.15) is 0 Å². The largest absolute Gasteiger partial charge is 0.206 e. The molecule has 0 amide bonds. The molecule has 4 heteroatoms. The van der Waals surface area contributed by atoms with Crippen LogP contribution in [0.2, 0.25) is 0 Å². The maximum atomic E-state index is 14.8. The van der Waals surface area contributed by atoms with Crippen molar-refractivity contribution in [1.82, 2.24) is 0 Å². The van der Waals surface area contributed by atoms with Crippen LogP contribution in [0, 0.1) is 35.1 Å². The molecule has 0 heterocycles. The SMILES string of the molecule is C=CCCC1CCC(CCc2cc(F)c(C3=Cc4cc(F)c(F)cc4C3)c(F)c2)CC1. The predicted molar refractivity (Wildman–Crippen MR) is 117 cm³/mol. The third-order valence-corrected chi connectivity index (χ3v) is 6.90. The van der Waals surface area contributed by atoms with E-state index in [-0.39, 0.29) is 12.0 Å². The first-order valence-corrected chi connectivity index (χ1v) is 11.2. The average Bonchev–Trinajstić information content (AvgIpc) is 3.13. The molecule has 2 aliphatic carbocycles. The van der Waals surface area contributed by atoms with Crippen molar-refractivity contribution in [1.29, 1.82) is 0 Å². The average molecular weight is 429 g/mol. The van der Waals surface area contributed by atoms with E-state index in [9.17, 15) is 17.6 Å². The van der Waals surface area contributed by atoms with E-state index in [0.717, 1.165) is 30.9 Å². The summed E-state index contributed by atoms with van der Waals surface area (Å²) in [6.07, 6.45) is 12.4. The fraction of sp³-hybridized carbons (Fsp3) is 0.407. The molecule has 0 aliphatic heterocycles. The quantitative estimate of drug-likeness (QED) is 0.309. The summed E-state index contributed by atoms with van der Waals surface area (Å²) >= 11 is 0. The smallest absolute Gasteiger partial charge is 0.159 e. The van der Waals surface area contributed by atoms with Gasteiger partial charge in [0, 0.05) is 5.56 Å². The van der Waals surface area contributed by atoms with Gasteiger partial charge in [-0.25, -0.2) is 17.6 Å². The number of allylic oxidation sites excluding steroid dienone is 2. The molecule has 164 valence electrons. The number of aryl methyl sites for hydroxylation is 1. The molecule has 0 unspecified atom stereocenters. The highest BCUT2D eigenvalue weighted by Gasteiger charge is 2.24. The Morgan fingerprint density at radius 1 is 0.806 bits per heavy atom. The van der Waals surface area contributed by atoms with Crippen LogP contribution in [-0.2, 0) is 12.8 Å². The van der Waals surface area contributed by atoms with Crippen molar-refractivity contribution >= 4 is 11.6 Å². The van der Waals surface area contributed by atoms with Crippen LogP contribution in [0.4, 0.5) is 17.6 Å². The summed E-state index contributed by atoms with van der Waals surface area (Å²) in [5, 5.41) is 0. The van der Waals surface area contributed by atoms with Gasteiger partial charge in [-0.1, -0.05) is 37.8 Å². The molecular weight excluding hydrogens is 400 g/mol. The minimum Gasteiger partial charge on any atom is -0.206 e. The summed E-state index contributed by atoms with van der Waals surface area (Å²) in [5.41, 5.74) is 2.00. The van der Waals surface area contributed by atoms with E-state index in [4.69, 9.17) is 0 Å². The minimum atomic E-state index is -0.956. The van der Waals surface area contributed by atoms with Crippen LogP contribution in [0.25, 0.3) is 11.6 Å². The first kappa shape index (κ1) is 21.9. The lowest BCUT2D eigenvalue weighted by molar-refractivity contribution is 0.254. The standard InChI is InChI=1S/C27H28F4/c1-2-3-4-17-5-7-18(8-6-17)9-10-19-11-25(30)27(26(31)12-19)22-13-20-15-23(28)24(29)16-21(20)14-22/h2,11-13,15-18H,1,3-10,14H2. The Balaban J connectivity index is 1.39. The van der Waals surface area contributed by atoms with Gasteiger partial charge in [0.2, 0.25) is 0 Å². The number of fused-ring (bicyclic) bond motifs is 1. The highest BCUT2D eigenvalue weighted by molar-refractivity contribution is 5.89. The van der Waals surface area contributed by atoms with Crippen LogP contribution in [0.3, 0.4) is 0 Å². The van der Waals surface area contributed by atoms with E-state index in [0.29, 0.717) is 34.6 Å². The monoisotopic (exact) mass is 428 g/mol. The fourth-order valence-corrected chi connectivity index (χ4v) is 5.11. The van der Waals surface area contributed by atoms with Gasteiger partial charge in [0.1, 0.15) is 11.6 Å². The normalized spacial score (nSPS) is 20.5. The van der Waals surface area contributed by atoms with Crippen LogP contribution in [0.15, 0.2) is 36.9 Å². The Morgan fingerprint density at radius 3 is 2.06 bits per heavy atom. The molecular formula is C27H28F4. The first-order chi connectivity index (χ1) is 14.9. The van der Waals surface area contributed by atoms with E-state index >= 15 is 0 Å². The van der Waals surface area contributed by atoms with Gasteiger partial charge in [-0.3, -0.25) is 0 Å². The Labute approximate surface area is 181 Å². The zero-order chi connectivity index (χ0) is 22.0. The number of rotatable bonds is 7. The van der Waals surface area contributed by atoms with Crippen molar-refractivity contribution in [3.05, 3.63) is 82.4 Å². The fourth-order valence-electron chi connectivity index (χ4n) is 5.11. The van der Waals surface area contributed by atoms with Crippen molar-refractivity contribution in [3.8, 4) is 0 Å². The number of hydrogen-bond donors (Lipinski definition) is 0. The van der Waals surface area contributed by atoms with Crippen molar-refractivity contribution in [2.45, 2.75) is 57.8 Å². The second-order valence-electron chi connectivity index (χ2n) is 9.04. The number of benzene rings is 2. The summed E-state index contributed by atoms with van der Waals surface area (Å²) in [6.45, 7) is 3.79. The zero-order valence-electron chi connectivity index (χ0n) is 17.7. The van der Waals surface area contributed by atoms with Gasteiger partial charge >= 0.3 is 0 Å². The number of hydrogen-bond acceptors (Lipinski definition) is 0. The van der Waals surface area contributed by atoms with Crippen molar-refractivity contribution in [3.63, 3.8) is 0 Å². The molecule has 0 spiro atoms. The minimum absolute atomic E-state index is 0.0940. The third kappa shape index (κ3) is 4.94. The second-order valence-corrected chi connectivity index (χ2v) is 9.04. The molecule has 1 fully saturated rings. The maximum absolute atomic E-state index is 14.8. The number of halogens is 4. The predicted octanol–water partition coefficient (Wildman–Crippen LogP) is 8.04. The lowest BCUT2D eigenvalue weighted by Crippen LogP contribution is -2.15. The molecule has 2 aromatic rings. The summed E-state index contributed by atoms with van der Waals surface area (Å²) < 4.78 is 56.6. The molecule has 0 bridgehead atoms. The van der Waals surface area contributed by atoms with Gasteiger partial charge in [-0.05, 0) is 90.5 Å². The zero-order valence-corrected chi connectivity index (χ0v) is 17.7. The summed E-state index contributed by atoms with van der Waals surface area (Å²) in [6, 6.07) is 5.01. The Bertz CT molecular complexity index is 974. The lowest BCUT2D eigenvalue weighted by Gasteiger charge is -2.28. The topological polar surface area (TPSA) is 0 Å². The Kier molecular flexibility index (Phi) is 6.64. The van der Waals surface area contributed by atoms with Crippen molar-refractivity contribution in [2.75, 3.05) is 0 Å². The molecule has 4 rings (SSSR count). The van der Waals surface area contributed by atoms with Gasteiger partial charge < -0.3 is 0 Å².